The Hall–Kier alpha value is -3.16. The second kappa shape index (κ2) is 8.89. The summed E-state index contributed by atoms with van der Waals surface area (Å²) in [4.78, 5) is 6.87. The molecule has 1 aliphatic heterocycles. The van der Waals surface area contributed by atoms with Crippen molar-refractivity contribution in [2.24, 2.45) is 0 Å². The molecule has 7 heteroatoms. The fourth-order valence-corrected chi connectivity index (χ4v) is 5.41. The maximum absolute atomic E-state index is 9.76. The molecule has 4 aromatic rings. The summed E-state index contributed by atoms with van der Waals surface area (Å²) < 4.78 is 3.29. The van der Waals surface area contributed by atoms with Crippen molar-refractivity contribution in [3.05, 3.63) is 106 Å². The summed E-state index contributed by atoms with van der Waals surface area (Å²) >= 11 is 9.50. The number of thiocarbonyl (C=S) groups is 1. The molecule has 0 spiro atoms. The van der Waals surface area contributed by atoms with Gasteiger partial charge >= 0.3 is 0 Å². The van der Waals surface area contributed by atoms with Crippen LogP contribution in [0.1, 0.15) is 40.3 Å². The van der Waals surface area contributed by atoms with Crippen molar-refractivity contribution >= 4 is 38.9 Å². The third kappa shape index (κ3) is 3.89. The summed E-state index contributed by atoms with van der Waals surface area (Å²) in [7, 11) is 0. The van der Waals surface area contributed by atoms with Gasteiger partial charge in [-0.25, -0.2) is 0 Å². The second-order valence-electron chi connectivity index (χ2n) is 8.61. The minimum absolute atomic E-state index is 0.0833. The number of benzene rings is 2. The molecule has 2 aromatic heterocycles. The van der Waals surface area contributed by atoms with Crippen LogP contribution in [0.5, 0.6) is 5.75 Å². The van der Waals surface area contributed by atoms with E-state index in [0.717, 1.165) is 38.5 Å². The number of aryl methyl sites for hydroxylation is 2. The molecular formula is C27H25BrN4OS. The number of halogens is 1. The van der Waals surface area contributed by atoms with E-state index in [9.17, 15) is 5.11 Å². The molecular weight excluding hydrogens is 508 g/mol. The molecule has 0 amide bonds. The number of hydrogen-bond acceptors (Lipinski definition) is 3. The van der Waals surface area contributed by atoms with Gasteiger partial charge in [0.05, 0.1) is 17.8 Å². The van der Waals surface area contributed by atoms with Crippen molar-refractivity contribution in [1.29, 1.82) is 0 Å². The van der Waals surface area contributed by atoms with Crippen molar-refractivity contribution in [3.8, 4) is 11.4 Å². The fourth-order valence-electron chi connectivity index (χ4n) is 4.81. The molecule has 2 N–H and O–H groups in total. The molecule has 0 radical (unpaired) electrons. The number of aromatic nitrogens is 2. The maximum atomic E-state index is 9.76. The molecule has 34 heavy (non-hydrogen) atoms. The molecule has 1 saturated heterocycles. The molecule has 1 aliphatic rings. The largest absolute Gasteiger partial charge is 0.508 e. The van der Waals surface area contributed by atoms with E-state index < -0.39 is 0 Å². The van der Waals surface area contributed by atoms with Crippen molar-refractivity contribution in [2.75, 3.05) is 4.90 Å². The first kappa shape index (κ1) is 22.6. The highest BCUT2D eigenvalue weighted by molar-refractivity contribution is 9.10. The molecule has 5 nitrogen and oxygen atoms in total. The zero-order valence-electron chi connectivity index (χ0n) is 19.2. The SMILES string of the molecule is Cc1cc(N2C(=S)N[C@H](c3ccccn3)[C@@H]2c2cc(C)n(-c3ccc(O)cc3)c2C)ccc1Br. The van der Waals surface area contributed by atoms with Gasteiger partial charge in [-0.1, -0.05) is 22.0 Å². The Morgan fingerprint density at radius 2 is 1.71 bits per heavy atom. The average Bonchev–Trinajstić information content (AvgIpc) is 3.32. The Bertz CT molecular complexity index is 1370. The minimum Gasteiger partial charge on any atom is -0.508 e. The molecule has 1 fully saturated rings. The Balaban J connectivity index is 1.68. The third-order valence-electron chi connectivity index (χ3n) is 6.41. The maximum Gasteiger partial charge on any atom is 0.174 e. The Morgan fingerprint density at radius 3 is 2.38 bits per heavy atom. The first-order valence-corrected chi connectivity index (χ1v) is 12.3. The second-order valence-corrected chi connectivity index (χ2v) is 9.85. The van der Waals surface area contributed by atoms with Crippen LogP contribution in [0.2, 0.25) is 0 Å². The van der Waals surface area contributed by atoms with Crippen molar-refractivity contribution < 1.29 is 5.11 Å². The van der Waals surface area contributed by atoms with Crippen molar-refractivity contribution in [3.63, 3.8) is 0 Å². The Labute approximate surface area is 213 Å². The van der Waals surface area contributed by atoms with E-state index in [-0.39, 0.29) is 17.8 Å². The lowest BCUT2D eigenvalue weighted by molar-refractivity contribution is 0.475. The zero-order chi connectivity index (χ0) is 24.0. The quantitative estimate of drug-likeness (QED) is 0.296. The van der Waals surface area contributed by atoms with Crippen LogP contribution in [0.4, 0.5) is 5.69 Å². The van der Waals surface area contributed by atoms with Crippen LogP contribution in [-0.2, 0) is 0 Å². The van der Waals surface area contributed by atoms with Crippen molar-refractivity contribution in [2.45, 2.75) is 32.9 Å². The van der Waals surface area contributed by atoms with Crippen molar-refractivity contribution in [1.82, 2.24) is 14.9 Å². The average molecular weight is 533 g/mol. The zero-order valence-corrected chi connectivity index (χ0v) is 21.6. The van der Waals surface area contributed by atoms with Crippen LogP contribution in [-0.4, -0.2) is 19.8 Å². The summed E-state index contributed by atoms with van der Waals surface area (Å²) in [5.41, 5.74) is 7.55. The van der Waals surface area contributed by atoms with E-state index in [2.05, 4.69) is 80.7 Å². The Morgan fingerprint density at radius 1 is 0.971 bits per heavy atom. The highest BCUT2D eigenvalue weighted by Gasteiger charge is 2.42. The number of phenols is 1. The number of aromatic hydroxyl groups is 1. The van der Waals surface area contributed by atoms with E-state index in [1.807, 2.05) is 36.5 Å². The predicted octanol–water partition coefficient (Wildman–Crippen LogP) is 6.44. The van der Waals surface area contributed by atoms with Gasteiger partial charge in [0, 0.05) is 33.4 Å². The summed E-state index contributed by atoms with van der Waals surface area (Å²) in [5.74, 6) is 0.253. The summed E-state index contributed by atoms with van der Waals surface area (Å²) in [6.45, 7) is 6.33. The van der Waals surface area contributed by atoms with Gasteiger partial charge in [0.1, 0.15) is 5.75 Å². The normalized spacial score (nSPS) is 17.8. The topological polar surface area (TPSA) is 53.3 Å². The number of anilines is 1. The predicted molar refractivity (Wildman–Crippen MR) is 144 cm³/mol. The summed E-state index contributed by atoms with van der Waals surface area (Å²) in [5, 5.41) is 14.0. The van der Waals surface area contributed by atoms with Gasteiger partial charge in [0.25, 0.3) is 0 Å². The lowest BCUT2D eigenvalue weighted by Gasteiger charge is -2.28. The summed E-state index contributed by atoms with van der Waals surface area (Å²) in [6.07, 6.45) is 1.82. The third-order valence-corrected chi connectivity index (χ3v) is 7.62. The summed E-state index contributed by atoms with van der Waals surface area (Å²) in [6, 6.07) is 21.6. The van der Waals surface area contributed by atoms with Gasteiger partial charge in [-0.2, -0.15) is 0 Å². The molecule has 2 aromatic carbocycles. The van der Waals surface area contributed by atoms with E-state index in [4.69, 9.17) is 12.2 Å². The van der Waals surface area contributed by atoms with Gasteiger partial charge in [0.2, 0.25) is 0 Å². The first-order valence-electron chi connectivity index (χ1n) is 11.1. The van der Waals surface area contributed by atoms with Crippen LogP contribution >= 0.6 is 28.1 Å². The number of rotatable bonds is 4. The fraction of sp³-hybridized carbons (Fsp3) is 0.185. The molecule has 5 rings (SSSR count). The standard InChI is InChI=1S/C27H25BrN4OS/c1-16-14-20(9-12-23(16)28)32-26(25(30-27(32)34)24-6-4-5-13-29-24)22-15-17(2)31(18(22)3)19-7-10-21(33)11-8-19/h4-15,25-26,33H,1-3H3,(H,30,34)/t25-,26+/m1/s1. The van der Waals surface area contributed by atoms with Gasteiger partial charge in [0.15, 0.2) is 5.11 Å². The van der Waals surface area contributed by atoms with Gasteiger partial charge < -0.3 is 19.9 Å². The molecule has 0 unspecified atom stereocenters. The first-order chi connectivity index (χ1) is 16.3. The van der Waals surface area contributed by atoms with E-state index in [1.54, 1.807) is 12.1 Å². The Kier molecular flexibility index (Phi) is 5.91. The van der Waals surface area contributed by atoms with Crippen LogP contribution in [0.25, 0.3) is 5.69 Å². The molecule has 0 aliphatic carbocycles. The van der Waals surface area contributed by atoms with Crippen LogP contribution in [0.3, 0.4) is 0 Å². The number of hydrogen-bond donors (Lipinski definition) is 2. The number of nitrogens with zero attached hydrogens (tertiary/aromatic N) is 3. The van der Waals surface area contributed by atoms with Crippen LogP contribution < -0.4 is 10.2 Å². The van der Waals surface area contributed by atoms with Gasteiger partial charge in [-0.15, -0.1) is 0 Å². The molecule has 172 valence electrons. The number of pyridine rings is 1. The smallest absolute Gasteiger partial charge is 0.174 e. The molecule has 0 bridgehead atoms. The van der Waals surface area contributed by atoms with Gasteiger partial charge in [-0.05, 0) is 105 Å². The lowest BCUT2D eigenvalue weighted by Crippen LogP contribution is -2.29. The number of phenolic OH excluding ortho intramolecular Hbond substituents is 1. The van der Waals surface area contributed by atoms with E-state index in [1.165, 1.54) is 5.56 Å². The lowest BCUT2D eigenvalue weighted by atomic mass is 9.96. The molecule has 2 atom stereocenters. The van der Waals surface area contributed by atoms with Crippen LogP contribution in [0, 0.1) is 20.8 Å². The number of nitrogens with one attached hydrogen (secondary N) is 1. The van der Waals surface area contributed by atoms with E-state index >= 15 is 0 Å². The molecule has 0 saturated carbocycles. The minimum atomic E-state index is -0.105. The molecule has 3 heterocycles. The highest BCUT2D eigenvalue weighted by atomic mass is 79.9. The van der Waals surface area contributed by atoms with Gasteiger partial charge in [-0.3, -0.25) is 4.98 Å². The highest BCUT2D eigenvalue weighted by Crippen LogP contribution is 2.44. The van der Waals surface area contributed by atoms with E-state index in [0.29, 0.717) is 5.11 Å². The monoisotopic (exact) mass is 532 g/mol. The van der Waals surface area contributed by atoms with Crippen LogP contribution in [0.15, 0.2) is 77.4 Å².